The van der Waals surface area contributed by atoms with Crippen LogP contribution in [0.15, 0.2) is 66.7 Å². The fourth-order valence-electron chi connectivity index (χ4n) is 4.75. The van der Waals surface area contributed by atoms with Gasteiger partial charge in [-0.1, -0.05) is 42.5 Å². The number of rotatable bonds is 8. The van der Waals surface area contributed by atoms with Crippen molar-refractivity contribution in [3.05, 3.63) is 100 Å². The van der Waals surface area contributed by atoms with Crippen molar-refractivity contribution in [1.29, 1.82) is 0 Å². The molecule has 1 fully saturated rings. The van der Waals surface area contributed by atoms with E-state index in [-0.39, 0.29) is 24.3 Å². The summed E-state index contributed by atoms with van der Waals surface area (Å²) in [5.41, 5.74) is 4.01. The van der Waals surface area contributed by atoms with Crippen LogP contribution in [0.2, 0.25) is 0 Å². The molecule has 5 rings (SSSR count). The van der Waals surface area contributed by atoms with Crippen molar-refractivity contribution < 1.29 is 23.9 Å². The summed E-state index contributed by atoms with van der Waals surface area (Å²) < 4.78 is 10.9. The summed E-state index contributed by atoms with van der Waals surface area (Å²) in [6, 6.07) is 20.0. The van der Waals surface area contributed by atoms with E-state index in [4.69, 9.17) is 9.47 Å². The van der Waals surface area contributed by atoms with Crippen molar-refractivity contribution >= 4 is 17.7 Å². The monoisotopic (exact) mass is 499 g/mol. The number of imide groups is 1. The number of carbonyl (C=O) groups excluding carboxylic acids is 3. The third-order valence-corrected chi connectivity index (χ3v) is 6.78. The number of amides is 3. The van der Waals surface area contributed by atoms with Crippen LogP contribution in [0.5, 0.6) is 5.75 Å². The van der Waals surface area contributed by atoms with E-state index in [1.165, 1.54) is 12.0 Å². The molecule has 0 saturated carbocycles. The van der Waals surface area contributed by atoms with Crippen LogP contribution in [-0.4, -0.2) is 60.9 Å². The Balaban J connectivity index is 1.29. The van der Waals surface area contributed by atoms with Crippen molar-refractivity contribution in [3.8, 4) is 5.75 Å². The lowest BCUT2D eigenvalue weighted by Gasteiger charge is -2.27. The third-order valence-electron chi connectivity index (χ3n) is 6.78. The number of nitrogens with one attached hydrogen (secondary N) is 1. The van der Waals surface area contributed by atoms with Gasteiger partial charge in [-0.2, -0.15) is 0 Å². The number of hydrogen-bond donors (Lipinski definition) is 1. The van der Waals surface area contributed by atoms with E-state index in [9.17, 15) is 14.4 Å². The van der Waals surface area contributed by atoms with Gasteiger partial charge >= 0.3 is 0 Å². The largest absolute Gasteiger partial charge is 0.496 e. The molecule has 2 aliphatic rings. The Bertz CT molecular complexity index is 1300. The third kappa shape index (κ3) is 5.26. The van der Waals surface area contributed by atoms with Gasteiger partial charge in [-0.15, -0.1) is 0 Å². The van der Waals surface area contributed by atoms with Crippen LogP contribution >= 0.6 is 0 Å². The molecule has 0 aliphatic carbocycles. The number of nitrogens with zero attached hydrogens (tertiary/aromatic N) is 2. The maximum Gasteiger partial charge on any atom is 0.261 e. The van der Waals surface area contributed by atoms with Crippen molar-refractivity contribution in [2.45, 2.75) is 19.6 Å². The first kappa shape index (κ1) is 24.7. The Kier molecular flexibility index (Phi) is 7.30. The highest BCUT2D eigenvalue weighted by Crippen LogP contribution is 2.26. The Labute approximate surface area is 215 Å². The molecule has 3 aromatic rings. The fraction of sp³-hybridized carbons (Fsp3) is 0.276. The first-order valence-electron chi connectivity index (χ1n) is 12.3. The van der Waals surface area contributed by atoms with Crippen LogP contribution in [0.25, 0.3) is 0 Å². The fourth-order valence-corrected chi connectivity index (χ4v) is 4.75. The standard InChI is InChI=1S/C29H29N3O5/c1-36-26-11-10-20(18-32-28(34)23-8-4-5-9-24(23)29(32)35)16-25(26)27(33)30-17-21-6-2-3-7-22(21)19-31-12-14-37-15-13-31/h2-11,16H,12-15,17-19H2,1H3,(H,30,33). The molecular formula is C29H29N3O5. The summed E-state index contributed by atoms with van der Waals surface area (Å²) >= 11 is 0. The first-order chi connectivity index (χ1) is 18.0. The lowest BCUT2D eigenvalue weighted by atomic mass is 10.1. The summed E-state index contributed by atoms with van der Waals surface area (Å²) in [7, 11) is 1.51. The highest BCUT2D eigenvalue weighted by Gasteiger charge is 2.35. The van der Waals surface area contributed by atoms with E-state index in [0.29, 0.717) is 34.5 Å². The van der Waals surface area contributed by atoms with Gasteiger partial charge in [0.15, 0.2) is 0 Å². The van der Waals surface area contributed by atoms with Gasteiger partial charge in [0.05, 0.1) is 43.6 Å². The topological polar surface area (TPSA) is 88.2 Å². The zero-order valence-corrected chi connectivity index (χ0v) is 20.7. The van der Waals surface area contributed by atoms with Crippen LogP contribution in [0, 0.1) is 0 Å². The number of hydrogen-bond acceptors (Lipinski definition) is 6. The molecule has 8 nitrogen and oxygen atoms in total. The second kappa shape index (κ2) is 10.9. The van der Waals surface area contributed by atoms with Crippen LogP contribution in [0.3, 0.4) is 0 Å². The summed E-state index contributed by atoms with van der Waals surface area (Å²) in [4.78, 5) is 42.3. The molecule has 1 N–H and O–H groups in total. The van der Waals surface area contributed by atoms with Crippen molar-refractivity contribution in [2.24, 2.45) is 0 Å². The minimum absolute atomic E-state index is 0.0685. The molecular weight excluding hydrogens is 470 g/mol. The van der Waals surface area contributed by atoms with Crippen molar-refractivity contribution in [3.63, 3.8) is 0 Å². The van der Waals surface area contributed by atoms with Gasteiger partial charge in [-0.05, 0) is 41.0 Å². The van der Waals surface area contributed by atoms with Gasteiger partial charge in [0.1, 0.15) is 5.75 Å². The number of ether oxygens (including phenoxy) is 2. The Morgan fingerprint density at radius 2 is 1.54 bits per heavy atom. The number of methoxy groups -OCH3 is 1. The van der Waals surface area contributed by atoms with Gasteiger partial charge in [0.2, 0.25) is 0 Å². The maximum absolute atomic E-state index is 13.2. The highest BCUT2D eigenvalue weighted by molar-refractivity contribution is 6.21. The van der Waals surface area contributed by atoms with Crippen molar-refractivity contribution in [2.75, 3.05) is 33.4 Å². The molecule has 37 heavy (non-hydrogen) atoms. The average Bonchev–Trinajstić information content (AvgIpc) is 3.18. The molecule has 0 bridgehead atoms. The zero-order chi connectivity index (χ0) is 25.8. The molecule has 190 valence electrons. The number of carbonyl (C=O) groups is 3. The molecule has 2 heterocycles. The Morgan fingerprint density at radius 1 is 0.892 bits per heavy atom. The number of morpholine rings is 1. The molecule has 0 unspecified atom stereocenters. The first-order valence-corrected chi connectivity index (χ1v) is 12.3. The Hall–Kier alpha value is -4.01. The summed E-state index contributed by atoms with van der Waals surface area (Å²) in [5, 5.41) is 3.01. The molecule has 0 aromatic heterocycles. The van der Waals surface area contributed by atoms with E-state index in [0.717, 1.165) is 44.0 Å². The molecule has 8 heteroatoms. The van der Waals surface area contributed by atoms with E-state index in [1.54, 1.807) is 42.5 Å². The zero-order valence-electron chi connectivity index (χ0n) is 20.7. The SMILES string of the molecule is COc1ccc(CN2C(=O)c3ccccc3C2=O)cc1C(=O)NCc1ccccc1CN1CCOCC1. The lowest BCUT2D eigenvalue weighted by molar-refractivity contribution is 0.0340. The van der Waals surface area contributed by atoms with E-state index in [1.807, 2.05) is 18.2 Å². The minimum atomic E-state index is -0.334. The second-order valence-corrected chi connectivity index (χ2v) is 9.12. The number of fused-ring (bicyclic) bond motifs is 1. The van der Waals surface area contributed by atoms with Gasteiger partial charge in [-0.3, -0.25) is 24.2 Å². The smallest absolute Gasteiger partial charge is 0.261 e. The molecule has 2 aliphatic heterocycles. The molecule has 1 saturated heterocycles. The highest BCUT2D eigenvalue weighted by atomic mass is 16.5. The van der Waals surface area contributed by atoms with Gasteiger partial charge in [0, 0.05) is 26.2 Å². The van der Waals surface area contributed by atoms with E-state index in [2.05, 4.69) is 16.3 Å². The molecule has 0 spiro atoms. The molecule has 3 aromatic carbocycles. The summed E-state index contributed by atoms with van der Waals surface area (Å²) in [6.07, 6.45) is 0. The predicted molar refractivity (Wildman–Crippen MR) is 137 cm³/mol. The maximum atomic E-state index is 13.2. The Morgan fingerprint density at radius 3 is 2.22 bits per heavy atom. The summed E-state index contributed by atoms with van der Waals surface area (Å²) in [5.74, 6) is -0.536. The van der Waals surface area contributed by atoms with Gasteiger partial charge < -0.3 is 14.8 Å². The van der Waals surface area contributed by atoms with E-state index >= 15 is 0 Å². The van der Waals surface area contributed by atoms with E-state index < -0.39 is 0 Å². The number of benzene rings is 3. The lowest BCUT2D eigenvalue weighted by Crippen LogP contribution is -2.36. The second-order valence-electron chi connectivity index (χ2n) is 9.12. The van der Waals surface area contributed by atoms with Crippen LogP contribution in [0.4, 0.5) is 0 Å². The molecule has 3 amide bonds. The van der Waals surface area contributed by atoms with Crippen molar-refractivity contribution in [1.82, 2.24) is 15.1 Å². The van der Waals surface area contributed by atoms with Crippen LogP contribution in [-0.2, 0) is 24.4 Å². The predicted octanol–water partition coefficient (Wildman–Crippen LogP) is 3.25. The normalized spacial score (nSPS) is 15.5. The van der Waals surface area contributed by atoms with Crippen LogP contribution in [0.1, 0.15) is 47.8 Å². The van der Waals surface area contributed by atoms with Gasteiger partial charge in [-0.25, -0.2) is 0 Å². The average molecular weight is 500 g/mol. The molecule has 0 radical (unpaired) electrons. The van der Waals surface area contributed by atoms with Gasteiger partial charge in [0.25, 0.3) is 17.7 Å². The minimum Gasteiger partial charge on any atom is -0.496 e. The summed E-state index contributed by atoms with van der Waals surface area (Å²) in [6.45, 7) is 4.47. The molecule has 0 atom stereocenters. The van der Waals surface area contributed by atoms with Crippen LogP contribution < -0.4 is 10.1 Å². The quantitative estimate of drug-likeness (QED) is 0.479.